The number of benzene rings is 1. The smallest absolute Gasteiger partial charge is 0.290 e. The zero-order valence-corrected chi connectivity index (χ0v) is 11.2. The number of aryl methyl sites for hydroxylation is 1. The van der Waals surface area contributed by atoms with Crippen LogP contribution in [0.5, 0.6) is 0 Å². The lowest BCUT2D eigenvalue weighted by atomic mass is 10.2. The molecule has 1 aromatic carbocycles. The van der Waals surface area contributed by atoms with E-state index in [4.69, 9.17) is 11.6 Å². The molecule has 0 unspecified atom stereocenters. The lowest BCUT2D eigenvalue weighted by Gasteiger charge is -2.06. The highest BCUT2D eigenvalue weighted by Gasteiger charge is 2.14. The molecule has 0 saturated carbocycles. The van der Waals surface area contributed by atoms with Crippen LogP contribution in [0, 0.1) is 17.0 Å². The molecule has 1 amide bonds. The molecule has 2 rings (SSSR count). The van der Waals surface area contributed by atoms with E-state index < -0.39 is 10.8 Å². The monoisotopic (exact) mass is 291 g/mol. The molecule has 6 nitrogen and oxygen atoms in total. The third-order valence-corrected chi connectivity index (χ3v) is 2.97. The van der Waals surface area contributed by atoms with Crippen LogP contribution >= 0.6 is 11.6 Å². The maximum absolute atomic E-state index is 12.0. The minimum atomic E-state index is -0.526. The predicted octanol–water partition coefficient (Wildman–Crippen LogP) is 3.20. The Labute approximate surface area is 119 Å². The molecule has 0 atom stereocenters. The number of nitrogens with zero attached hydrogens (tertiary/aromatic N) is 2. The number of carbonyl (C=O) groups excluding carboxylic acids is 1. The van der Waals surface area contributed by atoms with Gasteiger partial charge in [0.05, 0.1) is 15.5 Å². The third kappa shape index (κ3) is 2.92. The van der Waals surface area contributed by atoms with Crippen molar-refractivity contribution in [3.63, 3.8) is 0 Å². The standard InChI is InChI=1S/C13H10ClN3O3/c1-8-6-12(15-7-11(8)17(19)20)16-13(18)9-4-2-3-5-10(9)14/h2-7H,1H3,(H,15,16,18). The number of pyridine rings is 1. The van der Waals surface area contributed by atoms with E-state index in [1.807, 2.05) is 0 Å². The highest BCUT2D eigenvalue weighted by Crippen LogP contribution is 2.20. The first kappa shape index (κ1) is 14.0. The van der Waals surface area contributed by atoms with Crippen LogP contribution < -0.4 is 5.32 Å². The molecule has 7 heteroatoms. The maximum Gasteiger partial charge on any atom is 0.290 e. The topological polar surface area (TPSA) is 85.1 Å². The van der Waals surface area contributed by atoms with Gasteiger partial charge in [-0.1, -0.05) is 23.7 Å². The molecular weight excluding hydrogens is 282 g/mol. The second-order valence-corrected chi connectivity index (χ2v) is 4.45. The summed E-state index contributed by atoms with van der Waals surface area (Å²) in [7, 11) is 0. The first-order valence-corrected chi connectivity index (χ1v) is 6.04. The van der Waals surface area contributed by atoms with Gasteiger partial charge in [0.15, 0.2) is 0 Å². The van der Waals surface area contributed by atoms with Crippen molar-refractivity contribution >= 4 is 29.0 Å². The second-order valence-electron chi connectivity index (χ2n) is 4.05. The number of aromatic nitrogens is 1. The van der Waals surface area contributed by atoms with Crippen LogP contribution in [0.3, 0.4) is 0 Å². The van der Waals surface area contributed by atoms with Crippen molar-refractivity contribution in [3.05, 3.63) is 62.8 Å². The molecule has 1 aromatic heterocycles. The van der Waals surface area contributed by atoms with Crippen molar-refractivity contribution in [1.82, 2.24) is 4.98 Å². The van der Waals surface area contributed by atoms with Gasteiger partial charge in [-0.3, -0.25) is 14.9 Å². The fourth-order valence-corrected chi connectivity index (χ4v) is 1.86. The van der Waals surface area contributed by atoms with E-state index in [-0.39, 0.29) is 11.5 Å². The van der Waals surface area contributed by atoms with Gasteiger partial charge >= 0.3 is 0 Å². The maximum atomic E-state index is 12.0. The Morgan fingerprint density at radius 1 is 1.40 bits per heavy atom. The van der Waals surface area contributed by atoms with Crippen molar-refractivity contribution in [2.24, 2.45) is 0 Å². The Hall–Kier alpha value is -2.47. The lowest BCUT2D eigenvalue weighted by molar-refractivity contribution is -0.385. The summed E-state index contributed by atoms with van der Waals surface area (Å²) in [6.45, 7) is 1.57. The molecule has 0 bridgehead atoms. The minimum absolute atomic E-state index is 0.0965. The van der Waals surface area contributed by atoms with Crippen molar-refractivity contribution in [2.45, 2.75) is 6.92 Å². The predicted molar refractivity (Wildman–Crippen MR) is 75.0 cm³/mol. The Kier molecular flexibility index (Phi) is 3.95. The fourth-order valence-electron chi connectivity index (χ4n) is 1.64. The molecule has 1 N–H and O–H groups in total. The molecule has 0 saturated heterocycles. The molecule has 0 spiro atoms. The summed E-state index contributed by atoms with van der Waals surface area (Å²) in [6, 6.07) is 8.02. The van der Waals surface area contributed by atoms with Gasteiger partial charge in [-0.05, 0) is 25.1 Å². The van der Waals surface area contributed by atoms with E-state index in [2.05, 4.69) is 10.3 Å². The van der Waals surface area contributed by atoms with Crippen molar-refractivity contribution in [1.29, 1.82) is 0 Å². The van der Waals surface area contributed by atoms with Crippen LogP contribution in [0.1, 0.15) is 15.9 Å². The molecular formula is C13H10ClN3O3. The zero-order chi connectivity index (χ0) is 14.7. The van der Waals surface area contributed by atoms with Crippen LogP contribution in [-0.2, 0) is 0 Å². The Morgan fingerprint density at radius 2 is 2.10 bits per heavy atom. The van der Waals surface area contributed by atoms with E-state index in [0.717, 1.165) is 6.20 Å². The van der Waals surface area contributed by atoms with Gasteiger partial charge in [0.25, 0.3) is 11.6 Å². The second kappa shape index (κ2) is 5.66. The third-order valence-electron chi connectivity index (χ3n) is 2.64. The fraction of sp³-hybridized carbons (Fsp3) is 0.0769. The summed E-state index contributed by atoms with van der Waals surface area (Å²) in [5.74, 6) is -0.186. The average molecular weight is 292 g/mol. The molecule has 1 heterocycles. The van der Waals surface area contributed by atoms with Gasteiger partial charge in [0.1, 0.15) is 12.0 Å². The molecule has 0 aliphatic heterocycles. The minimum Gasteiger partial charge on any atom is -0.307 e. The molecule has 0 radical (unpaired) electrons. The number of rotatable bonds is 3. The summed E-state index contributed by atoms with van der Waals surface area (Å²) >= 11 is 5.91. The van der Waals surface area contributed by atoms with Gasteiger partial charge in [-0.2, -0.15) is 0 Å². The van der Waals surface area contributed by atoms with Crippen LogP contribution in [0.4, 0.5) is 11.5 Å². The zero-order valence-electron chi connectivity index (χ0n) is 10.5. The number of carbonyl (C=O) groups is 1. The van der Waals surface area contributed by atoms with Gasteiger partial charge in [0, 0.05) is 5.56 Å². The number of hydrogen-bond acceptors (Lipinski definition) is 4. The normalized spacial score (nSPS) is 10.1. The number of amides is 1. The summed E-state index contributed by atoms with van der Waals surface area (Å²) < 4.78 is 0. The molecule has 0 aliphatic rings. The number of hydrogen-bond donors (Lipinski definition) is 1. The van der Waals surface area contributed by atoms with Crippen molar-refractivity contribution in [2.75, 3.05) is 5.32 Å². The SMILES string of the molecule is Cc1cc(NC(=O)c2ccccc2Cl)ncc1[N+](=O)[O-]. The highest BCUT2D eigenvalue weighted by molar-refractivity contribution is 6.34. The van der Waals surface area contributed by atoms with Gasteiger partial charge in [-0.25, -0.2) is 4.98 Å². The van der Waals surface area contributed by atoms with E-state index in [1.54, 1.807) is 31.2 Å². The van der Waals surface area contributed by atoms with E-state index in [1.165, 1.54) is 6.07 Å². The Balaban J connectivity index is 2.23. The van der Waals surface area contributed by atoms with Gasteiger partial charge in [-0.15, -0.1) is 0 Å². The number of nitrogens with one attached hydrogen (secondary N) is 1. The van der Waals surface area contributed by atoms with Crippen LogP contribution in [-0.4, -0.2) is 15.8 Å². The van der Waals surface area contributed by atoms with E-state index in [9.17, 15) is 14.9 Å². The summed E-state index contributed by atoms with van der Waals surface area (Å²) in [5, 5.41) is 13.6. The van der Waals surface area contributed by atoms with Gasteiger partial charge in [0.2, 0.25) is 0 Å². The number of nitro groups is 1. The molecule has 0 fully saturated rings. The van der Waals surface area contributed by atoms with Crippen LogP contribution in [0.2, 0.25) is 5.02 Å². The Morgan fingerprint density at radius 3 is 2.70 bits per heavy atom. The van der Waals surface area contributed by atoms with Gasteiger partial charge < -0.3 is 5.32 Å². The quantitative estimate of drug-likeness (QED) is 0.695. The average Bonchev–Trinajstić information content (AvgIpc) is 2.38. The van der Waals surface area contributed by atoms with Crippen LogP contribution in [0.25, 0.3) is 0 Å². The van der Waals surface area contributed by atoms with Crippen molar-refractivity contribution in [3.8, 4) is 0 Å². The number of anilines is 1. The summed E-state index contributed by atoms with van der Waals surface area (Å²) in [4.78, 5) is 26.0. The summed E-state index contributed by atoms with van der Waals surface area (Å²) in [5.41, 5.74) is 0.632. The summed E-state index contributed by atoms with van der Waals surface area (Å²) in [6.07, 6.45) is 1.11. The lowest BCUT2D eigenvalue weighted by Crippen LogP contribution is -2.13. The molecule has 0 aliphatic carbocycles. The molecule has 20 heavy (non-hydrogen) atoms. The van der Waals surface area contributed by atoms with Crippen LogP contribution in [0.15, 0.2) is 36.5 Å². The van der Waals surface area contributed by atoms with E-state index in [0.29, 0.717) is 16.1 Å². The largest absolute Gasteiger partial charge is 0.307 e. The molecule has 2 aromatic rings. The Bertz CT molecular complexity index is 688. The first-order valence-electron chi connectivity index (χ1n) is 5.66. The van der Waals surface area contributed by atoms with Crippen molar-refractivity contribution < 1.29 is 9.72 Å². The number of halogens is 1. The molecule has 102 valence electrons. The first-order chi connectivity index (χ1) is 9.49. The van der Waals surface area contributed by atoms with E-state index >= 15 is 0 Å². The highest BCUT2D eigenvalue weighted by atomic mass is 35.5.